The van der Waals surface area contributed by atoms with E-state index in [1.54, 1.807) is 66.9 Å². The third kappa shape index (κ3) is 8.19. The molecule has 284 valence electrons. The van der Waals surface area contributed by atoms with Gasteiger partial charge in [-0.15, -0.1) is 0 Å². The van der Waals surface area contributed by atoms with Crippen molar-refractivity contribution in [2.75, 3.05) is 26.3 Å². The maximum absolute atomic E-state index is 11.9. The summed E-state index contributed by atoms with van der Waals surface area (Å²) in [7, 11) is 0. The van der Waals surface area contributed by atoms with Gasteiger partial charge in [-0.3, -0.25) is 14.4 Å². The van der Waals surface area contributed by atoms with E-state index in [-0.39, 0.29) is 29.0 Å². The number of pyridine rings is 3. The van der Waals surface area contributed by atoms with Gasteiger partial charge in [-0.25, -0.2) is 29.3 Å². The molecule has 2 aliphatic heterocycles. The third-order valence-electron chi connectivity index (χ3n) is 8.68. The maximum Gasteiger partial charge on any atom is 0.356 e. The van der Waals surface area contributed by atoms with Crippen molar-refractivity contribution < 1.29 is 43.3 Å². The van der Waals surface area contributed by atoms with Crippen molar-refractivity contribution in [2.45, 2.75) is 46.7 Å². The van der Waals surface area contributed by atoms with E-state index in [0.717, 1.165) is 29.0 Å². The normalized spacial score (nSPS) is 13.4. The van der Waals surface area contributed by atoms with Gasteiger partial charge in [-0.05, 0) is 81.3 Å². The van der Waals surface area contributed by atoms with Crippen molar-refractivity contribution in [3.05, 3.63) is 88.8 Å². The minimum atomic E-state index is -1.06. The number of aryl methyl sites for hydroxylation is 2. The molecule has 2 amide bonds. The van der Waals surface area contributed by atoms with Crippen LogP contribution < -0.4 is 10.6 Å². The lowest BCUT2D eigenvalue weighted by Crippen LogP contribution is -2.22. The number of esters is 2. The number of ketones is 1. The third-order valence-corrected chi connectivity index (χ3v) is 8.68. The second-order valence-electron chi connectivity index (χ2n) is 12.4. The standard InChI is InChI=1S/C14H15N3O3.C12H11N3O3.C12H12N2O3/c1-2-20-14(19)10-5-4-9-8-11-13(18)15-6-3-7-17(11)12(9)16-10;16-11-9-6-7-2-3-8(12(17)18)14-10(7)15(9)5-1-4-13-11;1-3-17-12(16)10-6-8-4-5-9(7(2)15)13-11(8)14-10/h4-5,8H,2-3,6-7H2,1H3,(H,15,18);2-3,6H,1,4-5H2,(H,13,16)(H,17,18);4-6H,3H2,1-2H3,(H,13,14). The first-order valence-electron chi connectivity index (χ1n) is 17.6. The van der Waals surface area contributed by atoms with Gasteiger partial charge in [0.2, 0.25) is 0 Å². The molecule has 8 rings (SSSR count). The number of nitrogens with one attached hydrogen (secondary N) is 3. The summed E-state index contributed by atoms with van der Waals surface area (Å²) in [6, 6.07) is 15.1. The first-order chi connectivity index (χ1) is 26.5. The molecule has 17 heteroatoms. The van der Waals surface area contributed by atoms with Gasteiger partial charge in [0.15, 0.2) is 17.2 Å². The molecule has 0 bridgehead atoms. The molecule has 0 atom stereocenters. The molecule has 0 aliphatic carbocycles. The van der Waals surface area contributed by atoms with Crippen LogP contribution >= 0.6 is 0 Å². The van der Waals surface area contributed by atoms with Gasteiger partial charge in [0, 0.05) is 49.3 Å². The van der Waals surface area contributed by atoms with Gasteiger partial charge < -0.3 is 39.3 Å². The zero-order valence-electron chi connectivity index (χ0n) is 30.3. The molecule has 6 aromatic heterocycles. The van der Waals surface area contributed by atoms with Gasteiger partial charge in [-0.2, -0.15) is 0 Å². The van der Waals surface area contributed by atoms with Crippen LogP contribution in [0.3, 0.4) is 0 Å². The number of carboxylic acid groups (broad SMARTS) is 1. The summed E-state index contributed by atoms with van der Waals surface area (Å²) >= 11 is 0. The number of carbonyl (C=O) groups excluding carboxylic acids is 5. The van der Waals surface area contributed by atoms with Gasteiger partial charge in [0.1, 0.15) is 39.7 Å². The lowest BCUT2D eigenvalue weighted by molar-refractivity contribution is 0.0511. The Labute approximate surface area is 313 Å². The fraction of sp³-hybridized carbons (Fsp3) is 0.289. The zero-order chi connectivity index (χ0) is 39.2. The quantitative estimate of drug-likeness (QED) is 0.139. The van der Waals surface area contributed by atoms with Crippen LogP contribution in [0.2, 0.25) is 0 Å². The van der Waals surface area contributed by atoms with Gasteiger partial charge in [0.05, 0.1) is 13.2 Å². The number of aromatic carboxylic acids is 1. The highest BCUT2D eigenvalue weighted by Crippen LogP contribution is 2.22. The smallest absolute Gasteiger partial charge is 0.356 e. The topological polar surface area (TPSA) is 229 Å². The summed E-state index contributed by atoms with van der Waals surface area (Å²) in [6.07, 6.45) is 1.65. The number of ether oxygens (including phenoxy) is 2. The Morgan fingerprint density at radius 3 is 1.75 bits per heavy atom. The summed E-state index contributed by atoms with van der Waals surface area (Å²) in [6.45, 7) is 8.22. The van der Waals surface area contributed by atoms with Gasteiger partial charge in [-0.1, -0.05) is 0 Å². The van der Waals surface area contributed by atoms with Gasteiger partial charge >= 0.3 is 17.9 Å². The Kier molecular flexibility index (Phi) is 11.3. The number of hydrogen-bond acceptors (Lipinski definition) is 11. The van der Waals surface area contributed by atoms with Crippen LogP contribution in [0.15, 0.2) is 54.6 Å². The van der Waals surface area contributed by atoms with Gasteiger partial charge in [0.25, 0.3) is 11.8 Å². The summed E-state index contributed by atoms with van der Waals surface area (Å²) in [5, 5.41) is 17.0. The SMILES string of the molecule is CCOC(=O)c1cc2ccc(C(C)=O)nc2[nH]1.CCOC(=O)c1ccc2cc3n(c2n1)CCCNC3=O.O=C(O)c1ccc2cc3n(c2n1)CCCNC3=O. The van der Waals surface area contributed by atoms with Crippen LogP contribution in [0.1, 0.15) is 96.5 Å². The number of hydrogen-bond donors (Lipinski definition) is 4. The van der Waals surface area contributed by atoms with E-state index < -0.39 is 17.9 Å². The van der Waals surface area contributed by atoms with Crippen LogP contribution in [0.5, 0.6) is 0 Å². The Morgan fingerprint density at radius 1 is 0.691 bits per heavy atom. The maximum atomic E-state index is 11.9. The number of carbonyl (C=O) groups is 6. The van der Waals surface area contributed by atoms with E-state index in [9.17, 15) is 28.8 Å². The van der Waals surface area contributed by atoms with Crippen molar-refractivity contribution >= 4 is 68.6 Å². The predicted octanol–water partition coefficient (Wildman–Crippen LogP) is 4.16. The summed E-state index contributed by atoms with van der Waals surface area (Å²) in [5.74, 6) is -2.27. The van der Waals surface area contributed by atoms with E-state index in [4.69, 9.17) is 14.6 Å². The number of carboxylic acids is 1. The number of H-pyrrole nitrogens is 1. The first kappa shape index (κ1) is 37.8. The number of rotatable bonds is 6. The molecule has 0 unspecified atom stereocenters. The summed E-state index contributed by atoms with van der Waals surface area (Å²) in [4.78, 5) is 84.5. The Balaban J connectivity index is 0.000000141. The van der Waals surface area contributed by atoms with Crippen LogP contribution in [0, 0.1) is 0 Å². The van der Waals surface area contributed by atoms with E-state index in [2.05, 4.69) is 30.6 Å². The van der Waals surface area contributed by atoms with E-state index in [0.29, 0.717) is 79.1 Å². The van der Waals surface area contributed by atoms with E-state index in [1.807, 2.05) is 4.57 Å². The Hall–Kier alpha value is -6.91. The lowest BCUT2D eigenvalue weighted by Gasteiger charge is -2.05. The van der Waals surface area contributed by atoms with Crippen molar-refractivity contribution in [3.8, 4) is 0 Å². The van der Waals surface area contributed by atoms with E-state index in [1.165, 1.54) is 13.0 Å². The second-order valence-corrected chi connectivity index (χ2v) is 12.4. The molecule has 0 radical (unpaired) electrons. The number of nitrogens with zero attached hydrogens (tertiary/aromatic N) is 5. The predicted molar refractivity (Wildman–Crippen MR) is 198 cm³/mol. The molecule has 6 aromatic rings. The van der Waals surface area contributed by atoms with Crippen molar-refractivity contribution in [1.82, 2.24) is 39.7 Å². The van der Waals surface area contributed by atoms with Crippen LogP contribution in [-0.4, -0.2) is 96.0 Å². The van der Waals surface area contributed by atoms with Crippen LogP contribution in [-0.2, 0) is 22.6 Å². The number of aromatic amines is 1. The molecule has 8 heterocycles. The molecule has 0 fully saturated rings. The molecular weight excluding hydrogens is 712 g/mol. The monoisotopic (exact) mass is 750 g/mol. The van der Waals surface area contributed by atoms with Crippen molar-refractivity contribution in [1.29, 1.82) is 0 Å². The molecule has 2 aliphatic rings. The highest BCUT2D eigenvalue weighted by Gasteiger charge is 2.22. The molecule has 0 saturated heterocycles. The van der Waals surface area contributed by atoms with Crippen LogP contribution in [0.25, 0.3) is 33.1 Å². The molecule has 17 nitrogen and oxygen atoms in total. The highest BCUT2D eigenvalue weighted by atomic mass is 16.5. The fourth-order valence-electron chi connectivity index (χ4n) is 6.10. The average Bonchev–Trinajstić information content (AvgIpc) is 3.81. The number of aromatic nitrogens is 6. The summed E-state index contributed by atoms with van der Waals surface area (Å²) in [5.41, 5.74) is 3.83. The molecule has 0 spiro atoms. The Bertz CT molecular complexity index is 2480. The number of fused-ring (bicyclic) bond motifs is 7. The molecule has 55 heavy (non-hydrogen) atoms. The molecule has 0 aromatic carbocycles. The summed E-state index contributed by atoms with van der Waals surface area (Å²) < 4.78 is 13.5. The largest absolute Gasteiger partial charge is 0.477 e. The Morgan fingerprint density at radius 2 is 1.20 bits per heavy atom. The van der Waals surface area contributed by atoms with E-state index >= 15 is 0 Å². The van der Waals surface area contributed by atoms with Crippen molar-refractivity contribution in [2.24, 2.45) is 0 Å². The average molecular weight is 751 g/mol. The molecule has 0 saturated carbocycles. The fourth-order valence-corrected chi connectivity index (χ4v) is 6.10. The minimum Gasteiger partial charge on any atom is -0.477 e. The van der Waals surface area contributed by atoms with Crippen molar-refractivity contribution in [3.63, 3.8) is 0 Å². The lowest BCUT2D eigenvalue weighted by atomic mass is 10.2. The molecule has 4 N–H and O–H groups in total. The first-order valence-corrected chi connectivity index (χ1v) is 17.6. The number of Topliss-reactive ketones (excluding diaryl/α,β-unsaturated/α-hetero) is 1. The highest BCUT2D eigenvalue weighted by molar-refractivity contribution is 6.00. The number of amides is 2. The van der Waals surface area contributed by atoms with Crippen LogP contribution in [0.4, 0.5) is 0 Å². The zero-order valence-corrected chi connectivity index (χ0v) is 30.3. The second kappa shape index (κ2) is 16.4. The molecular formula is C38H38N8O9. The minimum absolute atomic E-state index is 0.00643.